The van der Waals surface area contributed by atoms with Gasteiger partial charge in [0.2, 0.25) is 0 Å². The number of fused-ring (bicyclic) bond motifs is 2. The minimum atomic E-state index is -0.473. The van der Waals surface area contributed by atoms with Crippen molar-refractivity contribution < 1.29 is 19.1 Å². The number of alkyl halides is 1. The molecule has 0 aliphatic carbocycles. The zero-order chi connectivity index (χ0) is 30.1. The van der Waals surface area contributed by atoms with Crippen molar-refractivity contribution >= 4 is 46.0 Å². The SMILES string of the molecule is COC(=O)CCn1c(C(=O)OC)c(C)c2c(-c3c(CN(C)Cc4cc(CCl)n(C)n4)nn4c3CCCC4)c(Cl)ccc21. The molecule has 0 bridgehead atoms. The zero-order valence-corrected chi connectivity index (χ0v) is 26.2. The molecular weight excluding hydrogens is 579 g/mol. The second-order valence-corrected chi connectivity index (χ2v) is 11.4. The summed E-state index contributed by atoms with van der Waals surface area (Å²) in [5.74, 6) is -0.430. The molecule has 12 heteroatoms. The molecule has 0 fully saturated rings. The maximum Gasteiger partial charge on any atom is 0.354 e. The lowest BCUT2D eigenvalue weighted by Crippen LogP contribution is -2.18. The van der Waals surface area contributed by atoms with E-state index < -0.39 is 5.97 Å². The van der Waals surface area contributed by atoms with Crippen LogP contribution in [-0.4, -0.2) is 62.2 Å². The van der Waals surface area contributed by atoms with Crippen LogP contribution in [0.25, 0.3) is 22.0 Å². The topological polar surface area (TPSA) is 96.4 Å². The molecule has 1 aliphatic rings. The summed E-state index contributed by atoms with van der Waals surface area (Å²) in [4.78, 5) is 27.3. The Morgan fingerprint density at radius 3 is 2.57 bits per heavy atom. The molecule has 5 rings (SSSR count). The summed E-state index contributed by atoms with van der Waals surface area (Å²) in [5.41, 5.74) is 7.75. The van der Waals surface area contributed by atoms with Crippen LogP contribution in [0.2, 0.25) is 5.02 Å². The molecule has 0 N–H and O–H groups in total. The first-order valence-corrected chi connectivity index (χ1v) is 14.9. The molecule has 0 saturated heterocycles. The van der Waals surface area contributed by atoms with Gasteiger partial charge in [-0.25, -0.2) is 4.79 Å². The van der Waals surface area contributed by atoms with Crippen LogP contribution in [0, 0.1) is 6.92 Å². The quantitative estimate of drug-likeness (QED) is 0.178. The van der Waals surface area contributed by atoms with E-state index in [1.165, 1.54) is 14.2 Å². The molecule has 0 saturated carbocycles. The highest BCUT2D eigenvalue weighted by Gasteiger charge is 2.30. The molecule has 0 radical (unpaired) electrons. The molecule has 0 amide bonds. The van der Waals surface area contributed by atoms with Gasteiger partial charge in [0, 0.05) is 66.0 Å². The van der Waals surface area contributed by atoms with E-state index in [2.05, 4.69) is 14.7 Å². The predicted octanol–water partition coefficient (Wildman–Crippen LogP) is 5.26. The highest BCUT2D eigenvalue weighted by molar-refractivity contribution is 6.35. The van der Waals surface area contributed by atoms with E-state index in [1.807, 2.05) is 48.5 Å². The Hall–Kier alpha value is -3.34. The van der Waals surface area contributed by atoms with Crippen molar-refractivity contribution in [2.24, 2.45) is 7.05 Å². The highest BCUT2D eigenvalue weighted by atomic mass is 35.5. The van der Waals surface area contributed by atoms with Crippen molar-refractivity contribution in [2.75, 3.05) is 21.3 Å². The van der Waals surface area contributed by atoms with Gasteiger partial charge in [-0.05, 0) is 57.0 Å². The Morgan fingerprint density at radius 1 is 1.10 bits per heavy atom. The van der Waals surface area contributed by atoms with Crippen LogP contribution < -0.4 is 0 Å². The number of methoxy groups -OCH3 is 2. The standard InChI is InChI=1S/C30H36Cl2N6O4/c1-18-26-23(37(13-11-25(39)41-4)29(18)30(40)42-5)10-9-21(32)27(26)28-22(34-38-12-7-6-8-24(28)38)17-35(2)16-19-14-20(15-31)36(3)33-19/h9-10,14H,6-8,11-13,15-17H2,1-5H3. The van der Waals surface area contributed by atoms with Crippen molar-refractivity contribution in [2.45, 2.75) is 64.7 Å². The highest BCUT2D eigenvalue weighted by Crippen LogP contribution is 2.44. The van der Waals surface area contributed by atoms with Gasteiger partial charge < -0.3 is 14.0 Å². The Labute approximate surface area is 255 Å². The molecule has 4 aromatic rings. The van der Waals surface area contributed by atoms with Gasteiger partial charge in [0.1, 0.15) is 5.69 Å². The molecule has 3 aromatic heterocycles. The van der Waals surface area contributed by atoms with Gasteiger partial charge in [0.15, 0.2) is 0 Å². The number of benzene rings is 1. The molecule has 1 aromatic carbocycles. The molecule has 1 aliphatic heterocycles. The number of carbonyl (C=O) groups excluding carboxylic acids is 2. The van der Waals surface area contributed by atoms with E-state index in [0.29, 0.717) is 29.7 Å². The van der Waals surface area contributed by atoms with Gasteiger partial charge in [0.25, 0.3) is 0 Å². The second-order valence-electron chi connectivity index (χ2n) is 10.8. The number of aromatic nitrogens is 5. The fourth-order valence-electron chi connectivity index (χ4n) is 6.06. The number of hydrogen-bond acceptors (Lipinski definition) is 7. The maximum absolute atomic E-state index is 13.1. The van der Waals surface area contributed by atoms with Crippen molar-refractivity contribution in [1.82, 2.24) is 29.0 Å². The van der Waals surface area contributed by atoms with Gasteiger partial charge in [-0.1, -0.05) is 11.6 Å². The van der Waals surface area contributed by atoms with Crippen LogP contribution in [0.5, 0.6) is 0 Å². The summed E-state index contributed by atoms with van der Waals surface area (Å²) in [6.45, 7) is 4.20. The van der Waals surface area contributed by atoms with Crippen molar-refractivity contribution in [3.05, 3.63) is 57.3 Å². The third-order valence-corrected chi connectivity index (χ3v) is 8.59. The maximum atomic E-state index is 13.1. The molecule has 42 heavy (non-hydrogen) atoms. The van der Waals surface area contributed by atoms with E-state index in [1.54, 1.807) is 0 Å². The number of halogens is 2. The molecule has 0 unspecified atom stereocenters. The molecule has 224 valence electrons. The summed E-state index contributed by atoms with van der Waals surface area (Å²) in [6, 6.07) is 5.78. The second kappa shape index (κ2) is 12.5. The number of hydrogen-bond donors (Lipinski definition) is 0. The third-order valence-electron chi connectivity index (χ3n) is 8.00. The summed E-state index contributed by atoms with van der Waals surface area (Å²) in [7, 11) is 6.65. The van der Waals surface area contributed by atoms with Crippen LogP contribution in [-0.2, 0) is 59.8 Å². The molecule has 0 spiro atoms. The third kappa shape index (κ3) is 5.55. The minimum absolute atomic E-state index is 0.111. The smallest absolute Gasteiger partial charge is 0.354 e. The first-order chi connectivity index (χ1) is 20.2. The van der Waals surface area contributed by atoms with Crippen LogP contribution in [0.3, 0.4) is 0 Å². The fourth-order valence-corrected chi connectivity index (χ4v) is 6.56. The Bertz CT molecular complexity index is 1650. The number of nitrogens with zero attached hydrogens (tertiary/aromatic N) is 6. The van der Waals surface area contributed by atoms with Gasteiger partial charge >= 0.3 is 11.9 Å². The lowest BCUT2D eigenvalue weighted by atomic mass is 9.94. The van der Waals surface area contributed by atoms with E-state index in [-0.39, 0.29) is 18.9 Å². The lowest BCUT2D eigenvalue weighted by molar-refractivity contribution is -0.140. The average Bonchev–Trinajstić information content (AvgIpc) is 3.61. The summed E-state index contributed by atoms with van der Waals surface area (Å²) >= 11 is 13.1. The van der Waals surface area contributed by atoms with Crippen LogP contribution in [0.1, 0.15) is 58.1 Å². The van der Waals surface area contributed by atoms with Gasteiger partial charge in [-0.2, -0.15) is 10.2 Å². The van der Waals surface area contributed by atoms with Crippen LogP contribution >= 0.6 is 23.2 Å². The monoisotopic (exact) mass is 614 g/mol. The molecule has 10 nitrogen and oxygen atoms in total. The van der Waals surface area contributed by atoms with Gasteiger partial charge in [-0.3, -0.25) is 19.1 Å². The predicted molar refractivity (Wildman–Crippen MR) is 162 cm³/mol. The summed E-state index contributed by atoms with van der Waals surface area (Å²) in [5, 5.41) is 11.1. The van der Waals surface area contributed by atoms with E-state index in [4.69, 9.17) is 37.8 Å². The van der Waals surface area contributed by atoms with Gasteiger partial charge in [-0.15, -0.1) is 11.6 Å². The minimum Gasteiger partial charge on any atom is -0.469 e. The largest absolute Gasteiger partial charge is 0.469 e. The number of rotatable bonds is 10. The van der Waals surface area contributed by atoms with E-state index >= 15 is 0 Å². The van der Waals surface area contributed by atoms with Crippen LogP contribution in [0.15, 0.2) is 18.2 Å². The number of aryl methyl sites for hydroxylation is 4. The molecular formula is C30H36Cl2N6O4. The lowest BCUT2D eigenvalue weighted by Gasteiger charge is -2.18. The molecule has 0 atom stereocenters. The Balaban J connectivity index is 1.65. The Morgan fingerprint density at radius 2 is 1.88 bits per heavy atom. The number of carbonyl (C=O) groups is 2. The average molecular weight is 616 g/mol. The first kappa shape index (κ1) is 30.1. The summed E-state index contributed by atoms with van der Waals surface area (Å²) < 4.78 is 15.8. The number of esters is 2. The normalized spacial score (nSPS) is 13.1. The van der Waals surface area contributed by atoms with Gasteiger partial charge in [0.05, 0.1) is 43.6 Å². The van der Waals surface area contributed by atoms with Crippen molar-refractivity contribution in [3.8, 4) is 11.1 Å². The molecule has 4 heterocycles. The Kier molecular flexibility index (Phi) is 8.96. The van der Waals surface area contributed by atoms with Crippen molar-refractivity contribution in [3.63, 3.8) is 0 Å². The fraction of sp³-hybridized carbons (Fsp3) is 0.467. The number of ether oxygens (including phenoxy) is 2. The van der Waals surface area contributed by atoms with E-state index in [0.717, 1.165) is 76.2 Å². The van der Waals surface area contributed by atoms with Crippen molar-refractivity contribution in [1.29, 1.82) is 0 Å². The summed E-state index contributed by atoms with van der Waals surface area (Å²) in [6.07, 6.45) is 3.11. The first-order valence-electron chi connectivity index (χ1n) is 14.0. The van der Waals surface area contributed by atoms with E-state index in [9.17, 15) is 9.59 Å². The van der Waals surface area contributed by atoms with Crippen LogP contribution in [0.4, 0.5) is 0 Å². The zero-order valence-electron chi connectivity index (χ0n) is 24.7.